The van der Waals surface area contributed by atoms with E-state index in [1.54, 1.807) is 7.11 Å². The number of rotatable bonds is 7. The van der Waals surface area contributed by atoms with Crippen LogP contribution in [-0.2, 0) is 4.79 Å². The van der Waals surface area contributed by atoms with Gasteiger partial charge in [-0.25, -0.2) is 0 Å². The van der Waals surface area contributed by atoms with Crippen LogP contribution in [0.25, 0.3) is 0 Å². The summed E-state index contributed by atoms with van der Waals surface area (Å²) in [7, 11) is 1.62. The molecule has 0 heterocycles. The minimum absolute atomic E-state index is 0.0366. The van der Waals surface area contributed by atoms with Gasteiger partial charge in [0.1, 0.15) is 5.75 Å². The molecule has 0 saturated heterocycles. The molecule has 3 aromatic rings. The van der Waals surface area contributed by atoms with Crippen molar-refractivity contribution in [1.29, 1.82) is 0 Å². The van der Waals surface area contributed by atoms with Crippen molar-refractivity contribution in [2.24, 2.45) is 0 Å². The molecule has 3 N–H and O–H groups in total. The van der Waals surface area contributed by atoms with Crippen LogP contribution in [0.15, 0.2) is 71.6 Å². The van der Waals surface area contributed by atoms with E-state index in [0.29, 0.717) is 16.6 Å². The van der Waals surface area contributed by atoms with E-state index in [1.807, 2.05) is 80.6 Å². The van der Waals surface area contributed by atoms with Crippen molar-refractivity contribution in [3.05, 3.63) is 77.9 Å². The first-order valence-electron chi connectivity index (χ1n) is 9.75. The molecular formula is C24H25N3O2S2. The molecule has 0 unspecified atom stereocenters. The quantitative estimate of drug-likeness (QED) is 0.309. The van der Waals surface area contributed by atoms with E-state index in [9.17, 15) is 4.79 Å². The molecule has 0 saturated carbocycles. The number of nitrogens with one attached hydrogen (secondary N) is 3. The topological polar surface area (TPSA) is 62.4 Å². The SMILES string of the molecule is COc1ccccc1NC(=S)Nc1cccc(SCC(=O)Nc2cc(C)ccc2C)c1. The number of thiocarbonyl (C=S) groups is 1. The third kappa shape index (κ3) is 6.73. The summed E-state index contributed by atoms with van der Waals surface area (Å²) in [4.78, 5) is 13.4. The van der Waals surface area contributed by atoms with E-state index in [0.717, 1.165) is 33.1 Å². The average Bonchev–Trinajstić information content (AvgIpc) is 2.75. The van der Waals surface area contributed by atoms with Crippen LogP contribution in [0.2, 0.25) is 0 Å². The molecule has 0 atom stereocenters. The van der Waals surface area contributed by atoms with E-state index >= 15 is 0 Å². The lowest BCUT2D eigenvalue weighted by Gasteiger charge is -2.14. The minimum atomic E-state index is -0.0366. The van der Waals surface area contributed by atoms with Crippen molar-refractivity contribution in [2.45, 2.75) is 18.7 Å². The van der Waals surface area contributed by atoms with Crippen molar-refractivity contribution in [3.63, 3.8) is 0 Å². The Morgan fingerprint density at radius 2 is 1.74 bits per heavy atom. The lowest BCUT2D eigenvalue weighted by atomic mass is 10.1. The Bertz CT molecular complexity index is 1090. The number of amides is 1. The van der Waals surface area contributed by atoms with E-state index in [-0.39, 0.29) is 5.91 Å². The molecule has 31 heavy (non-hydrogen) atoms. The second-order valence-electron chi connectivity index (χ2n) is 6.96. The van der Waals surface area contributed by atoms with Gasteiger partial charge in [-0.3, -0.25) is 4.79 Å². The highest BCUT2D eigenvalue weighted by molar-refractivity contribution is 8.00. The highest BCUT2D eigenvalue weighted by atomic mass is 32.2. The Morgan fingerprint density at radius 1 is 0.935 bits per heavy atom. The average molecular weight is 452 g/mol. The van der Waals surface area contributed by atoms with Gasteiger partial charge >= 0.3 is 0 Å². The maximum Gasteiger partial charge on any atom is 0.234 e. The molecule has 5 nitrogen and oxygen atoms in total. The molecule has 1 amide bonds. The van der Waals surface area contributed by atoms with Crippen molar-refractivity contribution in [3.8, 4) is 5.75 Å². The third-order valence-electron chi connectivity index (χ3n) is 4.48. The van der Waals surface area contributed by atoms with E-state index in [4.69, 9.17) is 17.0 Å². The number of aryl methyl sites for hydroxylation is 2. The van der Waals surface area contributed by atoms with Crippen LogP contribution in [0.5, 0.6) is 5.75 Å². The molecule has 0 aliphatic carbocycles. The van der Waals surface area contributed by atoms with E-state index in [2.05, 4.69) is 16.0 Å². The first-order valence-corrected chi connectivity index (χ1v) is 11.1. The summed E-state index contributed by atoms with van der Waals surface area (Å²) in [5.41, 5.74) is 4.65. The normalized spacial score (nSPS) is 10.3. The number of carbonyl (C=O) groups excluding carboxylic acids is 1. The number of anilines is 3. The van der Waals surface area contributed by atoms with E-state index < -0.39 is 0 Å². The first-order chi connectivity index (χ1) is 14.9. The monoisotopic (exact) mass is 451 g/mol. The summed E-state index contributed by atoms with van der Waals surface area (Å²) in [5.74, 6) is 0.997. The Kier molecular flexibility index (Phi) is 7.92. The fourth-order valence-electron chi connectivity index (χ4n) is 2.90. The highest BCUT2D eigenvalue weighted by Crippen LogP contribution is 2.25. The Balaban J connectivity index is 1.55. The molecule has 0 bridgehead atoms. The zero-order valence-electron chi connectivity index (χ0n) is 17.7. The maximum absolute atomic E-state index is 12.4. The van der Waals surface area contributed by atoms with Crippen molar-refractivity contribution in [2.75, 3.05) is 28.8 Å². The standard InChI is InChI=1S/C24H25N3O2S2/c1-16-11-12-17(2)21(13-16)26-23(28)15-31-19-8-6-7-18(14-19)25-24(30)27-20-9-4-5-10-22(20)29-3/h4-14H,15H2,1-3H3,(H,26,28)(H2,25,27,30). The van der Waals surface area contributed by atoms with Crippen LogP contribution in [0.4, 0.5) is 17.1 Å². The van der Waals surface area contributed by atoms with E-state index in [1.165, 1.54) is 11.8 Å². The predicted molar refractivity (Wildman–Crippen MR) is 135 cm³/mol. The van der Waals surface area contributed by atoms with Gasteiger partial charge in [-0.1, -0.05) is 30.3 Å². The smallest absolute Gasteiger partial charge is 0.234 e. The van der Waals surface area contributed by atoms with Gasteiger partial charge in [0.15, 0.2) is 5.11 Å². The zero-order valence-corrected chi connectivity index (χ0v) is 19.3. The number of thioether (sulfide) groups is 1. The number of methoxy groups -OCH3 is 1. The van der Waals surface area contributed by atoms with Crippen LogP contribution < -0.4 is 20.7 Å². The van der Waals surface area contributed by atoms with Gasteiger partial charge in [-0.05, 0) is 73.6 Å². The third-order valence-corrected chi connectivity index (χ3v) is 5.68. The molecule has 7 heteroatoms. The van der Waals surface area contributed by atoms with Gasteiger partial charge in [0.25, 0.3) is 0 Å². The summed E-state index contributed by atoms with van der Waals surface area (Å²) in [6.45, 7) is 3.99. The molecule has 0 aliphatic rings. The second kappa shape index (κ2) is 10.8. The number of benzene rings is 3. The second-order valence-corrected chi connectivity index (χ2v) is 8.42. The van der Waals surface area contributed by atoms with Gasteiger partial charge in [0.05, 0.1) is 18.6 Å². The van der Waals surface area contributed by atoms with Crippen LogP contribution in [0, 0.1) is 13.8 Å². The van der Waals surface area contributed by atoms with Crippen molar-refractivity contribution < 1.29 is 9.53 Å². The molecule has 3 aromatic carbocycles. The molecule has 3 rings (SSSR count). The van der Waals surface area contributed by atoms with Gasteiger partial charge in [-0.2, -0.15) is 0 Å². The largest absolute Gasteiger partial charge is 0.495 e. The van der Waals surface area contributed by atoms with Crippen LogP contribution in [0.3, 0.4) is 0 Å². The minimum Gasteiger partial charge on any atom is -0.495 e. The van der Waals surface area contributed by atoms with Crippen LogP contribution in [0.1, 0.15) is 11.1 Å². The number of hydrogen-bond donors (Lipinski definition) is 3. The Hall–Kier alpha value is -3.03. The molecule has 0 radical (unpaired) electrons. The molecular weight excluding hydrogens is 426 g/mol. The number of carbonyl (C=O) groups is 1. The summed E-state index contributed by atoms with van der Waals surface area (Å²) in [6, 6.07) is 21.4. The molecule has 0 aromatic heterocycles. The Morgan fingerprint density at radius 3 is 2.55 bits per heavy atom. The number of ether oxygens (including phenoxy) is 1. The highest BCUT2D eigenvalue weighted by Gasteiger charge is 2.08. The van der Waals surface area contributed by atoms with Crippen molar-refractivity contribution in [1.82, 2.24) is 0 Å². The molecule has 160 valence electrons. The fraction of sp³-hybridized carbons (Fsp3) is 0.167. The zero-order chi connectivity index (χ0) is 22.2. The number of hydrogen-bond acceptors (Lipinski definition) is 4. The van der Waals surface area contributed by atoms with Gasteiger partial charge in [0.2, 0.25) is 5.91 Å². The van der Waals surface area contributed by atoms with Crippen LogP contribution in [-0.4, -0.2) is 23.9 Å². The van der Waals surface area contributed by atoms with Gasteiger partial charge < -0.3 is 20.7 Å². The summed E-state index contributed by atoms with van der Waals surface area (Å²) in [6.07, 6.45) is 0. The predicted octanol–water partition coefficient (Wildman–Crippen LogP) is 5.85. The summed E-state index contributed by atoms with van der Waals surface area (Å²) < 4.78 is 5.34. The molecule has 0 aliphatic heterocycles. The lowest BCUT2D eigenvalue weighted by Crippen LogP contribution is -2.19. The lowest BCUT2D eigenvalue weighted by molar-refractivity contribution is -0.113. The Labute approximate surface area is 192 Å². The molecule has 0 spiro atoms. The summed E-state index contributed by atoms with van der Waals surface area (Å²) in [5, 5.41) is 9.76. The molecule has 0 fully saturated rings. The fourth-order valence-corrected chi connectivity index (χ4v) is 3.88. The van der Waals surface area contributed by atoms with Gasteiger partial charge in [0, 0.05) is 16.3 Å². The van der Waals surface area contributed by atoms with Crippen LogP contribution >= 0.6 is 24.0 Å². The maximum atomic E-state index is 12.4. The number of para-hydroxylation sites is 2. The summed E-state index contributed by atoms with van der Waals surface area (Å²) >= 11 is 6.90. The first kappa shape index (κ1) is 22.7. The van der Waals surface area contributed by atoms with Gasteiger partial charge in [-0.15, -0.1) is 11.8 Å². The van der Waals surface area contributed by atoms with Crippen molar-refractivity contribution >= 4 is 52.1 Å².